The first-order chi connectivity index (χ1) is 19.7. The van der Waals surface area contributed by atoms with Crippen molar-refractivity contribution in [2.45, 2.75) is 45.1 Å². The number of hydrogen-bond donors (Lipinski definition) is 1. The number of aryl methyl sites for hydroxylation is 1. The number of pyridine rings is 2. The largest absolute Gasteiger partial charge is 0.405 e. The number of aromatic nitrogens is 6. The zero-order valence-corrected chi connectivity index (χ0v) is 22.1. The van der Waals surface area contributed by atoms with Gasteiger partial charge in [-0.2, -0.15) is 18.3 Å². The molecule has 0 radical (unpaired) electrons. The van der Waals surface area contributed by atoms with Crippen LogP contribution in [0.2, 0.25) is 0 Å². The number of fused-ring (bicyclic) bond motifs is 2. The van der Waals surface area contributed by atoms with Gasteiger partial charge in [-0.25, -0.2) is 19.0 Å². The Bertz CT molecular complexity index is 1800. The molecule has 6 rings (SSSR count). The lowest BCUT2D eigenvalue weighted by Gasteiger charge is -2.23. The lowest BCUT2D eigenvalue weighted by molar-refractivity contribution is -0.138. The molecule has 5 aromatic rings. The lowest BCUT2D eigenvalue weighted by atomic mass is 10.1. The van der Waals surface area contributed by atoms with Gasteiger partial charge < -0.3 is 10.1 Å². The van der Waals surface area contributed by atoms with Crippen LogP contribution in [-0.2, 0) is 16.1 Å². The molecular weight excluding hydrogens is 539 g/mol. The second-order valence-corrected chi connectivity index (χ2v) is 9.97. The van der Waals surface area contributed by atoms with Crippen LogP contribution in [0.1, 0.15) is 31.1 Å². The summed E-state index contributed by atoms with van der Waals surface area (Å²) in [6.07, 6.45) is 5.18. The van der Waals surface area contributed by atoms with Crippen LogP contribution in [0, 0.1) is 6.92 Å². The van der Waals surface area contributed by atoms with Gasteiger partial charge in [0.25, 0.3) is 0 Å². The highest BCUT2D eigenvalue weighted by atomic mass is 19.4. The van der Waals surface area contributed by atoms with Crippen molar-refractivity contribution < 1.29 is 22.7 Å². The van der Waals surface area contributed by atoms with Crippen molar-refractivity contribution in [1.29, 1.82) is 0 Å². The van der Waals surface area contributed by atoms with Crippen molar-refractivity contribution in [3.63, 3.8) is 0 Å². The van der Waals surface area contributed by atoms with Crippen molar-refractivity contribution in [1.82, 2.24) is 34.2 Å². The van der Waals surface area contributed by atoms with Gasteiger partial charge in [0.1, 0.15) is 18.9 Å². The number of carbonyl (C=O) groups excluding carboxylic acids is 1. The maximum absolute atomic E-state index is 13.5. The van der Waals surface area contributed by atoms with Crippen molar-refractivity contribution in [3.05, 3.63) is 71.2 Å². The van der Waals surface area contributed by atoms with E-state index in [0.717, 1.165) is 51.4 Å². The molecule has 0 saturated carbocycles. The molecule has 5 heterocycles. The van der Waals surface area contributed by atoms with Gasteiger partial charge in [-0.3, -0.25) is 14.3 Å². The summed E-state index contributed by atoms with van der Waals surface area (Å²) in [5.74, 6) is -0.619. The Hall–Kier alpha value is -4.52. The van der Waals surface area contributed by atoms with Gasteiger partial charge in [0.2, 0.25) is 5.91 Å². The molecule has 1 saturated heterocycles. The number of nitrogens with one attached hydrogen (secondary N) is 1. The molecule has 1 amide bonds. The van der Waals surface area contributed by atoms with E-state index in [1.54, 1.807) is 56.0 Å². The standard InChI is InChI=1S/C28H26F3N7O3/c1-17-5-4-6-21-26(17)37(27(40)36(21)15-24(39)34-16-28(29,30)31)23-9-8-18(11-33-23)19-12-32-14-22-20(19)13-35-38(22)25-7-2-3-10-41-25/h4-6,8-9,11-14,25H,2-3,7,10,15-16H2,1H3,(H,34,39). The topological polar surface area (TPSA) is 109 Å². The number of rotatable bonds is 6. The quantitative estimate of drug-likeness (QED) is 0.329. The fraction of sp³-hybridized carbons (Fsp3) is 0.321. The van der Waals surface area contributed by atoms with E-state index in [0.29, 0.717) is 23.5 Å². The smallest absolute Gasteiger partial charge is 0.356 e. The van der Waals surface area contributed by atoms with Crippen molar-refractivity contribution >= 4 is 27.8 Å². The van der Waals surface area contributed by atoms with Gasteiger partial charge in [0.15, 0.2) is 6.23 Å². The minimum Gasteiger partial charge on any atom is -0.356 e. The Kier molecular flexibility index (Phi) is 6.81. The highest BCUT2D eigenvalue weighted by Gasteiger charge is 2.28. The molecule has 0 spiro atoms. The first-order valence-corrected chi connectivity index (χ1v) is 13.2. The summed E-state index contributed by atoms with van der Waals surface area (Å²) >= 11 is 0. The number of hydrogen-bond acceptors (Lipinski definition) is 6. The van der Waals surface area contributed by atoms with Crippen molar-refractivity contribution in [2.24, 2.45) is 0 Å². The number of nitrogens with zero attached hydrogens (tertiary/aromatic N) is 6. The first kappa shape index (κ1) is 26.7. The molecule has 0 aliphatic carbocycles. The summed E-state index contributed by atoms with van der Waals surface area (Å²) in [5, 5.41) is 7.27. The monoisotopic (exact) mass is 565 g/mol. The number of carbonyl (C=O) groups is 1. The van der Waals surface area contributed by atoms with E-state index in [-0.39, 0.29) is 6.23 Å². The van der Waals surface area contributed by atoms with Crippen molar-refractivity contribution in [2.75, 3.05) is 13.2 Å². The summed E-state index contributed by atoms with van der Waals surface area (Å²) in [7, 11) is 0. The number of alkyl halides is 3. The summed E-state index contributed by atoms with van der Waals surface area (Å²) < 4.78 is 48.0. The second kappa shape index (κ2) is 10.5. The Morgan fingerprint density at radius 2 is 1.95 bits per heavy atom. The van der Waals surface area contributed by atoms with E-state index in [9.17, 15) is 22.8 Å². The Morgan fingerprint density at radius 3 is 2.68 bits per heavy atom. The van der Waals surface area contributed by atoms with Crippen LogP contribution in [0.25, 0.3) is 38.9 Å². The molecule has 1 aliphatic rings. The number of para-hydroxylation sites is 1. The minimum absolute atomic E-state index is 0.137. The molecule has 4 aromatic heterocycles. The van der Waals surface area contributed by atoms with Crippen LogP contribution in [0.5, 0.6) is 0 Å². The maximum atomic E-state index is 13.5. The van der Waals surface area contributed by atoms with E-state index in [4.69, 9.17) is 4.74 Å². The van der Waals surface area contributed by atoms with Gasteiger partial charge in [0, 0.05) is 35.5 Å². The summed E-state index contributed by atoms with van der Waals surface area (Å²) in [6.45, 7) is 0.455. The lowest BCUT2D eigenvalue weighted by Crippen LogP contribution is -2.38. The molecule has 1 unspecified atom stereocenters. The molecule has 1 fully saturated rings. The zero-order valence-electron chi connectivity index (χ0n) is 22.1. The van der Waals surface area contributed by atoms with Gasteiger partial charge in [0.05, 0.1) is 28.9 Å². The van der Waals surface area contributed by atoms with E-state index in [2.05, 4.69) is 15.1 Å². The molecule has 10 nitrogen and oxygen atoms in total. The average molecular weight is 566 g/mol. The fourth-order valence-corrected chi connectivity index (χ4v) is 5.25. The van der Waals surface area contributed by atoms with E-state index in [1.165, 1.54) is 4.57 Å². The van der Waals surface area contributed by atoms with E-state index < -0.39 is 30.9 Å². The second-order valence-electron chi connectivity index (χ2n) is 9.97. The van der Waals surface area contributed by atoms with Crippen LogP contribution in [-0.4, -0.2) is 54.1 Å². The third kappa shape index (κ3) is 5.08. The third-order valence-corrected chi connectivity index (χ3v) is 7.18. The summed E-state index contributed by atoms with van der Waals surface area (Å²) in [4.78, 5) is 34.8. The molecule has 212 valence electrons. The molecule has 13 heteroatoms. The zero-order chi connectivity index (χ0) is 28.7. The fourth-order valence-electron chi connectivity index (χ4n) is 5.25. The predicted octanol–water partition coefficient (Wildman–Crippen LogP) is 4.28. The highest BCUT2D eigenvalue weighted by Crippen LogP contribution is 2.31. The average Bonchev–Trinajstić information content (AvgIpc) is 3.52. The number of benzene rings is 1. The minimum atomic E-state index is -4.56. The maximum Gasteiger partial charge on any atom is 0.405 e. The van der Waals surface area contributed by atoms with Crippen molar-refractivity contribution in [3.8, 4) is 16.9 Å². The molecular formula is C28H26F3N7O3. The van der Waals surface area contributed by atoms with Crippen LogP contribution >= 0.6 is 0 Å². The molecule has 0 bridgehead atoms. The first-order valence-electron chi connectivity index (χ1n) is 13.2. The molecule has 1 aromatic carbocycles. The van der Waals surface area contributed by atoms with Crippen LogP contribution in [0.15, 0.2) is 59.9 Å². The van der Waals surface area contributed by atoms with Crippen LogP contribution in [0.4, 0.5) is 13.2 Å². The summed E-state index contributed by atoms with van der Waals surface area (Å²) in [6, 6.07) is 8.67. The Balaban J connectivity index is 1.36. The van der Waals surface area contributed by atoms with Gasteiger partial charge in [-0.15, -0.1) is 0 Å². The molecule has 1 N–H and O–H groups in total. The third-order valence-electron chi connectivity index (χ3n) is 7.18. The molecule has 41 heavy (non-hydrogen) atoms. The van der Waals surface area contributed by atoms with Gasteiger partial charge in [-0.05, 0) is 49.9 Å². The van der Waals surface area contributed by atoms with E-state index >= 15 is 0 Å². The molecule has 1 atom stereocenters. The normalized spacial score (nSPS) is 16.0. The van der Waals surface area contributed by atoms with Gasteiger partial charge >= 0.3 is 11.9 Å². The highest BCUT2D eigenvalue weighted by molar-refractivity contribution is 5.93. The SMILES string of the molecule is Cc1cccc2c1n(-c1ccc(-c3cncc4c3cnn4C3CCCCO3)cn1)c(=O)n2CC(=O)NCC(F)(F)F. The number of halogens is 3. The predicted molar refractivity (Wildman–Crippen MR) is 144 cm³/mol. The van der Waals surface area contributed by atoms with Crippen LogP contribution < -0.4 is 11.0 Å². The Labute approximate surface area is 231 Å². The number of ether oxygens (including phenoxy) is 1. The number of imidazole rings is 1. The Morgan fingerprint density at radius 1 is 1.10 bits per heavy atom. The summed E-state index contributed by atoms with van der Waals surface area (Å²) in [5.41, 5.74) is 3.50. The van der Waals surface area contributed by atoms with Gasteiger partial charge in [-0.1, -0.05) is 12.1 Å². The number of amides is 1. The van der Waals surface area contributed by atoms with Crippen LogP contribution in [0.3, 0.4) is 0 Å². The van der Waals surface area contributed by atoms with E-state index in [1.807, 2.05) is 16.1 Å². The molecule has 1 aliphatic heterocycles.